The van der Waals surface area contributed by atoms with Crippen LogP contribution in [0.15, 0.2) is 146 Å². The first-order valence-corrected chi connectivity index (χ1v) is 44.2. The van der Waals surface area contributed by atoms with Gasteiger partial charge in [0.25, 0.3) is 0 Å². The number of hydrogen-bond acceptors (Lipinski definition) is 16. The van der Waals surface area contributed by atoms with Crippen molar-refractivity contribution in [2.24, 2.45) is 0 Å². The third kappa shape index (κ3) is 25.1. The van der Waals surface area contributed by atoms with Gasteiger partial charge in [0.1, 0.15) is 57.7 Å². The van der Waals surface area contributed by atoms with E-state index in [2.05, 4.69) is 77.4 Å². The maximum absolute atomic E-state index is 15.6. The maximum atomic E-state index is 15.6. The van der Waals surface area contributed by atoms with Crippen molar-refractivity contribution < 1.29 is 104 Å². The number of methoxy groups -OCH3 is 2. The van der Waals surface area contributed by atoms with Gasteiger partial charge in [0.15, 0.2) is 0 Å². The maximum Gasteiger partial charge on any atom is 0.534 e. The van der Waals surface area contributed by atoms with Crippen LogP contribution >= 0.6 is 0 Å². The summed E-state index contributed by atoms with van der Waals surface area (Å²) in [6.07, 6.45) is 22.3. The van der Waals surface area contributed by atoms with E-state index < -0.39 is 121 Å². The van der Waals surface area contributed by atoms with Crippen LogP contribution < -0.4 is 9.65 Å². The molecule has 1 saturated heterocycles. The first kappa shape index (κ1) is 101. The van der Waals surface area contributed by atoms with Crippen molar-refractivity contribution in [2.45, 2.75) is 239 Å². The molecule has 7 heterocycles. The third-order valence-electron chi connectivity index (χ3n) is 22.9. The van der Waals surface area contributed by atoms with Crippen LogP contribution in [0.3, 0.4) is 0 Å². The number of alkyl halides is 6. The second-order valence-electron chi connectivity index (χ2n) is 35.9. The highest BCUT2D eigenvalue weighted by molar-refractivity contribution is 7.88. The second-order valence-corrected chi connectivity index (χ2v) is 37.4. The van der Waals surface area contributed by atoms with Gasteiger partial charge in [-0.1, -0.05) is 63.2 Å². The number of carbonyl (C=O) groups excluding carboxylic acids is 2. The van der Waals surface area contributed by atoms with Gasteiger partial charge < -0.3 is 28.1 Å². The summed E-state index contributed by atoms with van der Waals surface area (Å²) >= 11 is 0. The molecule has 4 aliphatic heterocycles. The zero-order valence-electron chi connectivity index (χ0n) is 76.1. The number of benzene rings is 6. The molecule has 4 aliphatic rings. The number of aryl methyl sites for hydroxylation is 3. The Kier molecular flexibility index (Phi) is 32.3. The summed E-state index contributed by atoms with van der Waals surface area (Å²) in [4.78, 5) is 38.8. The minimum absolute atomic E-state index is 0.00663. The molecule has 20 nitrogen and oxygen atoms in total. The van der Waals surface area contributed by atoms with E-state index in [1.54, 1.807) is 6.92 Å². The average molecular weight is 1840 g/mol. The van der Waals surface area contributed by atoms with E-state index in [4.69, 9.17) is 14.4 Å². The summed E-state index contributed by atoms with van der Waals surface area (Å²) in [5.74, 6) is -8.37. The van der Waals surface area contributed by atoms with E-state index in [9.17, 15) is 49.1 Å². The fourth-order valence-corrected chi connectivity index (χ4v) is 16.9. The van der Waals surface area contributed by atoms with Gasteiger partial charge in [-0.2, -0.15) is 36.9 Å². The Morgan fingerprint density at radius 2 is 0.792 bits per heavy atom. The summed E-state index contributed by atoms with van der Waals surface area (Å²) < 4.78 is 230. The van der Waals surface area contributed by atoms with Gasteiger partial charge in [-0.25, -0.2) is 53.9 Å². The van der Waals surface area contributed by atoms with E-state index >= 15 is 26.3 Å². The number of nitrogens with zero attached hydrogens (tertiary/aromatic N) is 9. The van der Waals surface area contributed by atoms with Crippen molar-refractivity contribution in [3.8, 4) is 28.0 Å². The van der Waals surface area contributed by atoms with Gasteiger partial charge in [0.2, 0.25) is 0 Å². The Balaban J connectivity index is 0.000000186. The van der Waals surface area contributed by atoms with E-state index in [1.165, 1.54) is 77.8 Å². The molecule has 0 spiro atoms. The van der Waals surface area contributed by atoms with Gasteiger partial charge in [-0.05, 0) is 256 Å². The summed E-state index contributed by atoms with van der Waals surface area (Å²) in [5, 5.41) is 22.0. The van der Waals surface area contributed by atoms with Crippen molar-refractivity contribution in [1.82, 2.24) is 44.0 Å². The molecule has 34 heteroatoms. The lowest BCUT2D eigenvalue weighted by Gasteiger charge is -2.44. The van der Waals surface area contributed by atoms with Gasteiger partial charge in [0.05, 0.1) is 55.9 Å². The number of carbonyl (C=O) groups is 3. The lowest BCUT2D eigenvalue weighted by molar-refractivity contribution is -0.135. The first-order valence-electron chi connectivity index (χ1n) is 42.8. The topological polar surface area (TPSA) is 215 Å². The summed E-state index contributed by atoms with van der Waals surface area (Å²) in [5.41, 5.74) is -2.90. The van der Waals surface area contributed by atoms with Crippen molar-refractivity contribution in [1.29, 1.82) is 0 Å². The molecule has 130 heavy (non-hydrogen) atoms. The number of rotatable bonds is 26. The van der Waals surface area contributed by atoms with E-state index in [0.717, 1.165) is 163 Å². The van der Waals surface area contributed by atoms with Crippen LogP contribution in [-0.4, -0.2) is 168 Å². The molecule has 0 aliphatic carbocycles. The lowest BCUT2D eigenvalue weighted by atomic mass is 9.82. The molecule has 0 bridgehead atoms. The van der Waals surface area contributed by atoms with Crippen molar-refractivity contribution in [2.75, 3.05) is 33.9 Å². The van der Waals surface area contributed by atoms with Crippen LogP contribution in [0, 0.1) is 34.9 Å². The van der Waals surface area contributed by atoms with E-state index in [0.29, 0.717) is 12.8 Å². The highest BCUT2D eigenvalue weighted by atomic mass is 32.2. The number of ether oxygens (including phenoxy) is 2. The van der Waals surface area contributed by atoms with Gasteiger partial charge in [-0.15, -0.1) is 0 Å². The third-order valence-corrected chi connectivity index (χ3v) is 23.9. The zero-order valence-corrected chi connectivity index (χ0v) is 76.9. The fraction of sp³-hybridized carbons (Fsp3) is 0.438. The van der Waals surface area contributed by atoms with Crippen molar-refractivity contribution >= 4 is 58.8 Å². The van der Waals surface area contributed by atoms with Crippen LogP contribution in [0.25, 0.3) is 40.5 Å². The van der Waals surface area contributed by atoms with Gasteiger partial charge in [0, 0.05) is 134 Å². The monoisotopic (exact) mass is 1840 g/mol. The molecule has 700 valence electrons. The second kappa shape index (κ2) is 41.4. The Morgan fingerprint density at radius 3 is 1.11 bits per heavy atom. The molecule has 9 aromatic rings. The van der Waals surface area contributed by atoms with Crippen LogP contribution in [0.1, 0.15) is 215 Å². The van der Waals surface area contributed by atoms with Crippen molar-refractivity contribution in [3.05, 3.63) is 248 Å². The number of halogens is 12. The predicted octanol–water partition coefficient (Wildman–Crippen LogP) is 20.0. The molecule has 6 aromatic carbocycles. The minimum Gasteiger partial charge on any atom is -0.478 e. The Labute approximate surface area is 751 Å². The molecule has 3 aromatic heterocycles. The Hall–Kier alpha value is -10.6. The number of fused-ring (bicyclic) bond motifs is 3. The number of aromatic nitrogens is 6. The molecule has 1 fully saturated rings. The number of aliphatic carboxylic acids is 1. The van der Waals surface area contributed by atoms with Crippen LogP contribution in [0.5, 0.6) is 5.75 Å². The Morgan fingerprint density at radius 1 is 0.477 bits per heavy atom. The smallest absolute Gasteiger partial charge is 0.478 e. The Bertz CT molecular complexity index is 5670. The quantitative estimate of drug-likeness (QED) is 0.0133. The number of hydrogen-bond donors (Lipinski definition) is 1. The molecule has 13 rings (SSSR count). The molecular weight excluding hydrogens is 1730 g/mol. The molecule has 0 amide bonds. The molecule has 6 atom stereocenters. The van der Waals surface area contributed by atoms with E-state index in [1.807, 2.05) is 111 Å². The van der Waals surface area contributed by atoms with Crippen LogP contribution in [0.2, 0.25) is 0 Å². The van der Waals surface area contributed by atoms with E-state index in [-0.39, 0.29) is 95.4 Å². The number of carboxylic acids is 1. The summed E-state index contributed by atoms with van der Waals surface area (Å²) in [6, 6.07) is 17.6. The van der Waals surface area contributed by atoms with Gasteiger partial charge in [-0.3, -0.25) is 28.7 Å². The minimum atomic E-state index is -5.94. The lowest BCUT2D eigenvalue weighted by Crippen LogP contribution is -2.48. The molecule has 6 unspecified atom stereocenters. The van der Waals surface area contributed by atoms with Crippen LogP contribution in [0.4, 0.5) is 52.7 Å². The highest BCUT2D eigenvalue weighted by Gasteiger charge is 2.53. The molecule has 0 saturated carbocycles. The first-order chi connectivity index (χ1) is 60.7. The van der Waals surface area contributed by atoms with Crippen molar-refractivity contribution in [3.63, 3.8) is 0 Å². The fourth-order valence-electron chi connectivity index (χ4n) is 16.4. The number of esters is 2. The molecule has 0 radical (unpaired) electrons. The van der Waals surface area contributed by atoms with Gasteiger partial charge >= 0.3 is 40.7 Å². The predicted molar refractivity (Wildman–Crippen MR) is 475 cm³/mol. The SMILES string of the molecule is CCCn1cc(-c2ccc3c(c2)CC(C)N(CC(C)(C)F)C3c2c(F)cc(/C=C/C(=O)O)cc2F)cn1.CCCn1cc(-c2ccc3c(c2)CC(C)N(CC(C)(C)F)C3c2c(F)cc(/C=C/C(=O)OC)cc2F)cn1.CCCn1cc(B2OC(C)(C)C(C)(C)O2)cn1.COC(=O)/C=C/c1cc(F)c(C2c3ccc(OS(=O)(=O)C(F)(F)F)cc3CC(C)N2CC(C)(C)F)c(F)c1. The normalized spacial score (nSPS) is 18.9. The largest absolute Gasteiger partial charge is 0.534 e. The summed E-state index contributed by atoms with van der Waals surface area (Å²) in [6.45, 7) is 30.8. The standard InChI is InChI=1S/C30H34F3N3O2.C29H32F3N3O2.C25H25F6NO5S.C12H21BN2O2/c1-6-11-35-17-23(16-34-35)21-8-9-24-22(15-21)12-19(2)36(18-30(3,4)33)29(24)28-25(31)13-20(14-26(28)32)7-10-27(37)38-5;1-5-10-34-16-22(15-33-34)20-7-8-23-21(14-20)11-18(2)35(17-29(3,4)32)28(23)27-24(30)12-19(13-25(27)31)6-9-26(36)37;1-14-9-16-12-17(37-38(34,35)25(29,30)31)6-7-18(16)23(32(14)13-24(2,3)28)22-19(26)10-15(11-20(22)27)5-8-21(33)36-4;1-6-7-15-9-10(8-14-15)13-16-11(2,3)12(4,5)17-13/h7-10,13-17,19,29H,6,11-12,18H2,1-5H3;6-9,12-16,18,28H,5,10-11,17H2,1-4H3,(H,36,37);5-8,10-12,14,23H,9,13H2,1-4H3;8-9H,6-7H2,1-5H3/b10-7+;9-6+;8-5+;. The average Bonchev–Trinajstić information content (AvgIpc) is 0.767. The summed E-state index contributed by atoms with van der Waals surface area (Å²) in [7, 11) is -3.88. The molecule has 1 N–H and O–H groups in total. The zero-order chi connectivity index (χ0) is 95.8. The highest BCUT2D eigenvalue weighted by Crippen LogP contribution is 2.48. The van der Waals surface area contributed by atoms with Crippen LogP contribution in [-0.2, 0) is 82.2 Å². The molecular formula is C96H112BF12N9O11S. The number of carboxylic acid groups (broad SMARTS) is 1.